The predicted molar refractivity (Wildman–Crippen MR) is 110 cm³/mol. The Balaban J connectivity index is 1.31. The summed E-state index contributed by atoms with van der Waals surface area (Å²) < 4.78 is 6.87. The average molecular weight is 404 g/mol. The Morgan fingerprint density at radius 2 is 1.80 bits per heavy atom. The summed E-state index contributed by atoms with van der Waals surface area (Å²) in [5.41, 5.74) is 2.81. The number of benzene rings is 2. The number of carbonyl (C=O) groups excluding carboxylic acids is 1. The molecule has 1 aromatic heterocycles. The van der Waals surface area contributed by atoms with Crippen molar-refractivity contribution in [3.05, 3.63) is 66.0 Å². The predicted octanol–water partition coefficient (Wildman–Crippen LogP) is 2.05. The molecule has 30 heavy (non-hydrogen) atoms. The van der Waals surface area contributed by atoms with E-state index < -0.39 is 0 Å². The lowest BCUT2D eigenvalue weighted by Crippen LogP contribution is -2.33. The molecule has 0 saturated carbocycles. The number of amides is 1. The molecule has 0 spiro atoms. The molecular weight excluding hydrogens is 380 g/mol. The molecule has 3 heterocycles. The maximum absolute atomic E-state index is 13.1. The number of aromatic nitrogens is 4. The highest BCUT2D eigenvalue weighted by molar-refractivity contribution is 5.94. The van der Waals surface area contributed by atoms with Gasteiger partial charge in [0.05, 0.1) is 12.8 Å². The molecule has 0 bridgehead atoms. The van der Waals surface area contributed by atoms with Gasteiger partial charge in [0.15, 0.2) is 0 Å². The first-order valence-electron chi connectivity index (χ1n) is 10.1. The van der Waals surface area contributed by atoms with E-state index in [2.05, 4.69) is 39.6 Å². The molecule has 0 radical (unpaired) electrons. The van der Waals surface area contributed by atoms with Crippen molar-refractivity contribution in [1.29, 1.82) is 0 Å². The second-order valence-corrected chi connectivity index (χ2v) is 8.09. The number of methoxy groups -OCH3 is 1. The number of hydrogen-bond donors (Lipinski definition) is 0. The van der Waals surface area contributed by atoms with Crippen LogP contribution in [-0.2, 0) is 0 Å². The van der Waals surface area contributed by atoms with E-state index in [0.29, 0.717) is 23.4 Å². The van der Waals surface area contributed by atoms with Crippen LogP contribution in [0.3, 0.4) is 0 Å². The smallest absolute Gasteiger partial charge is 0.253 e. The first-order valence-corrected chi connectivity index (χ1v) is 10.1. The third kappa shape index (κ3) is 3.23. The number of fused-ring (bicyclic) bond motifs is 1. The fraction of sp³-hybridized carbons (Fsp3) is 0.364. The molecule has 0 unspecified atom stereocenters. The average Bonchev–Trinajstić information content (AvgIpc) is 3.50. The maximum atomic E-state index is 13.1. The first kappa shape index (κ1) is 18.7. The van der Waals surface area contributed by atoms with Gasteiger partial charge in [-0.2, -0.15) is 0 Å². The molecule has 0 N–H and O–H groups in total. The molecule has 1 amide bonds. The Labute approximate surface area is 175 Å². The van der Waals surface area contributed by atoms with Crippen LogP contribution in [0.2, 0.25) is 0 Å². The molecular formula is C22H24N6O2. The summed E-state index contributed by atoms with van der Waals surface area (Å²) in [6.07, 6.45) is 1.54. The van der Waals surface area contributed by atoms with Crippen molar-refractivity contribution in [3.8, 4) is 11.4 Å². The standard InChI is InChI=1S/C22H24N6O2/c1-26-11-17-12-27(13-20(17)21(26)15-5-9-19(30-2)10-6-15)22(29)16-3-7-18(8-4-16)28-14-23-24-25-28/h3-10,14,17,20-21H,11-13H2,1-2H3/t17-,20+,21-/m0/s1. The number of likely N-dealkylation sites (tertiary alicyclic amines) is 2. The van der Waals surface area contributed by atoms with Gasteiger partial charge in [0.2, 0.25) is 0 Å². The Hall–Kier alpha value is -3.26. The summed E-state index contributed by atoms with van der Waals surface area (Å²) in [5.74, 6) is 1.88. The minimum atomic E-state index is 0.0869. The van der Waals surface area contributed by atoms with Crippen molar-refractivity contribution in [2.24, 2.45) is 11.8 Å². The topological polar surface area (TPSA) is 76.4 Å². The van der Waals surface area contributed by atoms with Crippen LogP contribution in [0.5, 0.6) is 5.75 Å². The second-order valence-electron chi connectivity index (χ2n) is 8.09. The minimum absolute atomic E-state index is 0.0869. The van der Waals surface area contributed by atoms with Crippen LogP contribution in [-0.4, -0.2) is 69.7 Å². The van der Waals surface area contributed by atoms with Gasteiger partial charge in [-0.15, -0.1) is 5.10 Å². The van der Waals surface area contributed by atoms with Crippen molar-refractivity contribution in [3.63, 3.8) is 0 Å². The number of ether oxygens (including phenoxy) is 1. The zero-order chi connectivity index (χ0) is 20.7. The van der Waals surface area contributed by atoms with Crippen LogP contribution in [0.1, 0.15) is 22.0 Å². The van der Waals surface area contributed by atoms with Gasteiger partial charge in [-0.1, -0.05) is 12.1 Å². The van der Waals surface area contributed by atoms with Gasteiger partial charge in [0.1, 0.15) is 12.1 Å². The van der Waals surface area contributed by atoms with Gasteiger partial charge in [-0.05, 0) is 65.4 Å². The zero-order valence-electron chi connectivity index (χ0n) is 17.0. The molecule has 3 aromatic rings. The van der Waals surface area contributed by atoms with E-state index in [-0.39, 0.29) is 5.91 Å². The fourth-order valence-corrected chi connectivity index (χ4v) is 4.95. The quantitative estimate of drug-likeness (QED) is 0.662. The van der Waals surface area contributed by atoms with Crippen molar-refractivity contribution in [2.45, 2.75) is 6.04 Å². The van der Waals surface area contributed by atoms with Crippen LogP contribution in [0.25, 0.3) is 5.69 Å². The summed E-state index contributed by atoms with van der Waals surface area (Å²) in [7, 11) is 3.86. The zero-order valence-corrected chi connectivity index (χ0v) is 17.0. The summed E-state index contributed by atoms with van der Waals surface area (Å²) in [4.78, 5) is 17.6. The van der Waals surface area contributed by atoms with Crippen LogP contribution in [0.4, 0.5) is 0 Å². The third-order valence-corrected chi connectivity index (χ3v) is 6.37. The van der Waals surface area contributed by atoms with Crippen molar-refractivity contribution >= 4 is 5.91 Å². The number of tetrazole rings is 1. The SMILES string of the molecule is COc1ccc([C@H]2[C@@H]3CN(C(=O)c4ccc(-n5cnnn5)cc4)C[C@@H]3CN2C)cc1. The number of hydrogen-bond acceptors (Lipinski definition) is 6. The molecule has 154 valence electrons. The molecule has 3 atom stereocenters. The maximum Gasteiger partial charge on any atom is 0.253 e. The van der Waals surface area contributed by atoms with Crippen molar-refractivity contribution in [1.82, 2.24) is 30.0 Å². The monoisotopic (exact) mass is 404 g/mol. The second kappa shape index (κ2) is 7.53. The van der Waals surface area contributed by atoms with Crippen LogP contribution >= 0.6 is 0 Å². The Morgan fingerprint density at radius 1 is 1.03 bits per heavy atom. The highest BCUT2D eigenvalue weighted by Crippen LogP contribution is 2.44. The van der Waals surface area contributed by atoms with Crippen LogP contribution < -0.4 is 4.74 Å². The molecule has 2 aromatic carbocycles. The van der Waals surface area contributed by atoms with E-state index in [1.807, 2.05) is 41.3 Å². The van der Waals surface area contributed by atoms with E-state index in [1.165, 1.54) is 11.9 Å². The fourth-order valence-electron chi connectivity index (χ4n) is 4.95. The molecule has 2 aliphatic rings. The van der Waals surface area contributed by atoms with Gasteiger partial charge in [-0.25, -0.2) is 4.68 Å². The first-order chi connectivity index (χ1) is 14.6. The van der Waals surface area contributed by atoms with Crippen LogP contribution in [0, 0.1) is 11.8 Å². The van der Waals surface area contributed by atoms with Gasteiger partial charge in [0, 0.05) is 37.2 Å². The summed E-state index contributed by atoms with van der Waals surface area (Å²) in [6.45, 7) is 2.58. The molecule has 2 fully saturated rings. The highest BCUT2D eigenvalue weighted by atomic mass is 16.5. The van der Waals surface area contributed by atoms with Gasteiger partial charge >= 0.3 is 0 Å². The minimum Gasteiger partial charge on any atom is -0.497 e. The van der Waals surface area contributed by atoms with Crippen LogP contribution in [0.15, 0.2) is 54.9 Å². The summed E-state index contributed by atoms with van der Waals surface area (Å²) in [6, 6.07) is 16.1. The highest BCUT2D eigenvalue weighted by Gasteiger charge is 2.47. The van der Waals surface area contributed by atoms with E-state index in [9.17, 15) is 4.79 Å². The molecule has 2 saturated heterocycles. The molecule has 5 rings (SSSR count). The number of carbonyl (C=O) groups is 1. The van der Waals surface area contributed by atoms with E-state index in [4.69, 9.17) is 4.74 Å². The van der Waals surface area contributed by atoms with Crippen molar-refractivity contribution in [2.75, 3.05) is 33.8 Å². The molecule has 8 heteroatoms. The van der Waals surface area contributed by atoms with Gasteiger partial charge in [-0.3, -0.25) is 9.69 Å². The number of rotatable bonds is 4. The Morgan fingerprint density at radius 3 is 2.47 bits per heavy atom. The van der Waals surface area contributed by atoms with Crippen molar-refractivity contribution < 1.29 is 9.53 Å². The summed E-state index contributed by atoms with van der Waals surface area (Å²) >= 11 is 0. The van der Waals surface area contributed by atoms with E-state index in [1.54, 1.807) is 11.8 Å². The lowest BCUT2D eigenvalue weighted by Gasteiger charge is -2.27. The van der Waals surface area contributed by atoms with E-state index in [0.717, 1.165) is 31.1 Å². The normalized spacial score (nSPS) is 23.5. The number of nitrogens with zero attached hydrogens (tertiary/aromatic N) is 6. The lowest BCUT2D eigenvalue weighted by atomic mass is 9.89. The largest absolute Gasteiger partial charge is 0.497 e. The van der Waals surface area contributed by atoms with E-state index >= 15 is 0 Å². The molecule has 8 nitrogen and oxygen atoms in total. The Kier molecular flexibility index (Phi) is 4.71. The molecule has 0 aliphatic carbocycles. The van der Waals surface area contributed by atoms with Gasteiger partial charge in [0.25, 0.3) is 5.91 Å². The molecule has 2 aliphatic heterocycles. The summed E-state index contributed by atoms with van der Waals surface area (Å²) in [5, 5.41) is 11.2. The third-order valence-electron chi connectivity index (χ3n) is 6.37. The van der Waals surface area contributed by atoms with Gasteiger partial charge < -0.3 is 9.64 Å². The lowest BCUT2D eigenvalue weighted by molar-refractivity contribution is 0.0768. The Bertz CT molecular complexity index is 1020.